The van der Waals surface area contributed by atoms with Crippen LogP contribution in [0.15, 0.2) is 0 Å². The van der Waals surface area contributed by atoms with Crippen molar-refractivity contribution in [3.63, 3.8) is 0 Å². The minimum absolute atomic E-state index is 0. The van der Waals surface area contributed by atoms with Crippen LogP contribution >= 0.6 is 24.2 Å². The van der Waals surface area contributed by atoms with Gasteiger partial charge in [-0.3, -0.25) is 4.79 Å². The van der Waals surface area contributed by atoms with Crippen LogP contribution in [0.4, 0.5) is 0 Å². The van der Waals surface area contributed by atoms with Crippen LogP contribution in [0.25, 0.3) is 0 Å². The quantitative estimate of drug-likeness (QED) is 0.836. The molecular weight excluding hydrogens is 256 g/mol. The summed E-state index contributed by atoms with van der Waals surface area (Å²) < 4.78 is 0. The van der Waals surface area contributed by atoms with Gasteiger partial charge in [-0.2, -0.15) is 11.8 Å². The molecule has 1 N–H and O–H groups in total. The first kappa shape index (κ1) is 15.1. The number of carbonyl (C=O) groups is 1. The molecule has 2 rings (SSSR count). The second-order valence-corrected chi connectivity index (χ2v) is 5.97. The first-order chi connectivity index (χ1) is 7.86. The van der Waals surface area contributed by atoms with Crippen molar-refractivity contribution in [1.29, 1.82) is 0 Å². The number of carbonyl (C=O) groups excluding carboxylic acids is 1. The topological polar surface area (TPSA) is 32.3 Å². The summed E-state index contributed by atoms with van der Waals surface area (Å²) in [5, 5.41) is 3.35. The highest BCUT2D eigenvalue weighted by Gasteiger charge is 2.21. The van der Waals surface area contributed by atoms with Gasteiger partial charge in [0.1, 0.15) is 0 Å². The second kappa shape index (κ2) is 8.22. The molecule has 0 aliphatic carbocycles. The maximum atomic E-state index is 12.1. The van der Waals surface area contributed by atoms with Gasteiger partial charge in [-0.05, 0) is 44.0 Å². The third-order valence-corrected chi connectivity index (χ3v) is 4.55. The lowest BCUT2D eigenvalue weighted by molar-refractivity contribution is -0.132. The summed E-state index contributed by atoms with van der Waals surface area (Å²) in [6.07, 6.45) is 4.30. The van der Waals surface area contributed by atoms with Crippen LogP contribution in [-0.2, 0) is 4.79 Å². The van der Waals surface area contributed by atoms with Gasteiger partial charge in [0.05, 0.1) is 0 Å². The van der Waals surface area contributed by atoms with Gasteiger partial charge in [-0.1, -0.05) is 0 Å². The van der Waals surface area contributed by atoms with Crippen molar-refractivity contribution < 1.29 is 4.79 Å². The Kier molecular flexibility index (Phi) is 7.32. The lowest BCUT2D eigenvalue weighted by Crippen LogP contribution is -2.36. The molecule has 0 saturated carbocycles. The summed E-state index contributed by atoms with van der Waals surface area (Å²) in [6, 6.07) is 0. The van der Waals surface area contributed by atoms with E-state index in [1.807, 2.05) is 11.8 Å². The molecule has 100 valence electrons. The zero-order valence-corrected chi connectivity index (χ0v) is 12.0. The zero-order chi connectivity index (χ0) is 11.2. The van der Waals surface area contributed by atoms with Crippen molar-refractivity contribution in [2.45, 2.75) is 25.7 Å². The van der Waals surface area contributed by atoms with Crippen LogP contribution in [0, 0.1) is 5.92 Å². The van der Waals surface area contributed by atoms with Crippen LogP contribution < -0.4 is 5.32 Å². The second-order valence-electron chi connectivity index (χ2n) is 4.74. The van der Waals surface area contributed by atoms with Gasteiger partial charge in [-0.25, -0.2) is 0 Å². The molecule has 0 unspecified atom stereocenters. The molecule has 0 bridgehead atoms. The number of hydrogen-bond acceptors (Lipinski definition) is 3. The molecule has 0 spiro atoms. The van der Waals surface area contributed by atoms with Crippen LogP contribution in [0.1, 0.15) is 25.7 Å². The number of halogens is 1. The van der Waals surface area contributed by atoms with Gasteiger partial charge in [-0.15, -0.1) is 12.4 Å². The third kappa shape index (κ3) is 5.06. The van der Waals surface area contributed by atoms with E-state index in [1.54, 1.807) is 0 Å². The number of rotatable bonds is 2. The van der Waals surface area contributed by atoms with E-state index in [2.05, 4.69) is 10.2 Å². The molecule has 0 aromatic carbocycles. The molecule has 5 heteroatoms. The average molecular weight is 279 g/mol. The summed E-state index contributed by atoms with van der Waals surface area (Å²) >= 11 is 1.98. The van der Waals surface area contributed by atoms with E-state index >= 15 is 0 Å². The molecule has 2 aliphatic rings. The Hall–Kier alpha value is 0.0700. The zero-order valence-electron chi connectivity index (χ0n) is 10.3. The van der Waals surface area contributed by atoms with E-state index in [4.69, 9.17) is 0 Å². The van der Waals surface area contributed by atoms with E-state index in [-0.39, 0.29) is 12.4 Å². The van der Waals surface area contributed by atoms with Crippen molar-refractivity contribution >= 4 is 30.1 Å². The molecule has 0 atom stereocenters. The smallest absolute Gasteiger partial charge is 0.222 e. The van der Waals surface area contributed by atoms with E-state index in [9.17, 15) is 4.79 Å². The number of thioether (sulfide) groups is 1. The van der Waals surface area contributed by atoms with Crippen molar-refractivity contribution in [3.05, 3.63) is 0 Å². The monoisotopic (exact) mass is 278 g/mol. The molecule has 17 heavy (non-hydrogen) atoms. The number of piperidine rings is 1. The molecule has 1 amide bonds. The van der Waals surface area contributed by atoms with E-state index in [0.717, 1.165) is 38.4 Å². The average Bonchev–Trinajstić information content (AvgIpc) is 2.59. The third-order valence-electron chi connectivity index (χ3n) is 3.50. The van der Waals surface area contributed by atoms with Gasteiger partial charge in [0.2, 0.25) is 5.91 Å². The maximum Gasteiger partial charge on any atom is 0.222 e. The summed E-state index contributed by atoms with van der Waals surface area (Å²) in [5.74, 6) is 3.37. The minimum Gasteiger partial charge on any atom is -0.342 e. The maximum absolute atomic E-state index is 12.1. The molecule has 0 aromatic heterocycles. The van der Waals surface area contributed by atoms with Crippen molar-refractivity contribution in [2.24, 2.45) is 5.92 Å². The van der Waals surface area contributed by atoms with Crippen LogP contribution in [0.2, 0.25) is 0 Å². The van der Waals surface area contributed by atoms with E-state index < -0.39 is 0 Å². The summed E-state index contributed by atoms with van der Waals surface area (Å²) in [5.41, 5.74) is 0. The molecule has 0 radical (unpaired) electrons. The van der Waals surface area contributed by atoms with Gasteiger partial charge < -0.3 is 10.2 Å². The minimum atomic E-state index is 0. The summed E-state index contributed by atoms with van der Waals surface area (Å²) in [6.45, 7) is 4.13. The van der Waals surface area contributed by atoms with Gasteiger partial charge in [0, 0.05) is 25.3 Å². The number of amides is 1. The Labute approximate surface area is 114 Å². The lowest BCUT2D eigenvalue weighted by Gasteiger charge is -2.26. The summed E-state index contributed by atoms with van der Waals surface area (Å²) in [4.78, 5) is 14.2. The Balaban J connectivity index is 0.00000144. The Morgan fingerprint density at radius 3 is 2.76 bits per heavy atom. The first-order valence-corrected chi connectivity index (χ1v) is 7.58. The SMILES string of the molecule is Cl.O=C(CC1CCNCC1)N1CCCSCC1. The Morgan fingerprint density at radius 2 is 2.00 bits per heavy atom. The molecule has 2 aliphatic heterocycles. The predicted molar refractivity (Wildman–Crippen MR) is 76.0 cm³/mol. The summed E-state index contributed by atoms with van der Waals surface area (Å²) in [7, 11) is 0. The van der Waals surface area contributed by atoms with E-state index in [0.29, 0.717) is 11.8 Å². The number of nitrogens with zero attached hydrogens (tertiary/aromatic N) is 1. The van der Waals surface area contributed by atoms with Crippen LogP contribution in [0.5, 0.6) is 0 Å². The fourth-order valence-corrected chi connectivity index (χ4v) is 3.34. The fourth-order valence-electron chi connectivity index (χ4n) is 2.46. The van der Waals surface area contributed by atoms with Gasteiger partial charge in [0.15, 0.2) is 0 Å². The molecule has 2 saturated heterocycles. The molecule has 2 fully saturated rings. The molecule has 3 nitrogen and oxygen atoms in total. The Morgan fingerprint density at radius 1 is 1.24 bits per heavy atom. The molecule has 0 aromatic rings. The van der Waals surface area contributed by atoms with Gasteiger partial charge >= 0.3 is 0 Å². The highest BCUT2D eigenvalue weighted by molar-refractivity contribution is 7.99. The molecular formula is C12H23ClN2OS. The highest BCUT2D eigenvalue weighted by Crippen LogP contribution is 2.18. The van der Waals surface area contributed by atoms with Crippen molar-refractivity contribution in [3.8, 4) is 0 Å². The fraction of sp³-hybridized carbons (Fsp3) is 0.917. The highest BCUT2D eigenvalue weighted by atomic mass is 35.5. The Bertz CT molecular complexity index is 227. The van der Waals surface area contributed by atoms with Crippen molar-refractivity contribution in [1.82, 2.24) is 10.2 Å². The van der Waals surface area contributed by atoms with Crippen LogP contribution in [0.3, 0.4) is 0 Å². The largest absolute Gasteiger partial charge is 0.342 e. The van der Waals surface area contributed by atoms with Crippen LogP contribution in [-0.4, -0.2) is 48.5 Å². The lowest BCUT2D eigenvalue weighted by atomic mass is 9.94. The van der Waals surface area contributed by atoms with E-state index in [1.165, 1.54) is 25.0 Å². The van der Waals surface area contributed by atoms with Gasteiger partial charge in [0.25, 0.3) is 0 Å². The number of nitrogens with one attached hydrogen (secondary N) is 1. The molecule has 2 heterocycles. The first-order valence-electron chi connectivity index (χ1n) is 6.42. The predicted octanol–water partition coefficient (Wildman–Crippen LogP) is 1.76. The standard InChI is InChI=1S/C12H22N2OS.ClH/c15-12(10-11-2-4-13-5-3-11)14-6-1-8-16-9-7-14;/h11,13H,1-10H2;1H. The normalized spacial score (nSPS) is 22.7. The van der Waals surface area contributed by atoms with Crippen molar-refractivity contribution in [2.75, 3.05) is 37.7 Å². The number of hydrogen-bond donors (Lipinski definition) is 1.